The molecule has 1 saturated heterocycles. The second-order valence-corrected chi connectivity index (χ2v) is 4.28. The van der Waals surface area contributed by atoms with Gasteiger partial charge in [-0.1, -0.05) is 19.3 Å². The molecule has 1 saturated carbocycles. The number of nitrogens with one attached hydrogen (secondary N) is 1. The Balaban J connectivity index is 0.000000350. The molecular weight excluding hydrogens is 232 g/mol. The van der Waals surface area contributed by atoms with E-state index in [1.165, 1.54) is 19.3 Å². The highest BCUT2D eigenvalue weighted by molar-refractivity contribution is 5.83. The Bertz CT molecular complexity index is 387. The Morgan fingerprint density at radius 2 is 2.11 bits per heavy atom. The number of nitrogens with zero attached hydrogens (tertiary/aromatic N) is 1. The van der Waals surface area contributed by atoms with E-state index in [1.807, 2.05) is 0 Å². The summed E-state index contributed by atoms with van der Waals surface area (Å²) in [6.45, 7) is 0.674. The summed E-state index contributed by atoms with van der Waals surface area (Å²) in [5.74, 6) is 1.04. The van der Waals surface area contributed by atoms with Gasteiger partial charge in [0.15, 0.2) is 6.10 Å². The Labute approximate surface area is 107 Å². The zero-order valence-electron chi connectivity index (χ0n) is 10.5. The summed E-state index contributed by atoms with van der Waals surface area (Å²) in [6.07, 6.45) is 6.36. The summed E-state index contributed by atoms with van der Waals surface area (Å²) in [4.78, 5) is 15.2. The third-order valence-electron chi connectivity index (χ3n) is 2.55. The molecule has 1 N–H and O–H groups in total. The molecule has 98 valence electrons. The minimum atomic E-state index is -0.389. The lowest BCUT2D eigenvalue weighted by molar-refractivity contribution is -0.124. The fourth-order valence-corrected chi connectivity index (χ4v) is 1.41. The van der Waals surface area contributed by atoms with Crippen molar-refractivity contribution in [2.45, 2.75) is 31.8 Å². The number of methoxy groups -OCH3 is 1. The normalized spacial score (nSPS) is 20.5. The van der Waals surface area contributed by atoms with E-state index in [1.54, 1.807) is 25.4 Å². The molecule has 1 aliphatic heterocycles. The summed E-state index contributed by atoms with van der Waals surface area (Å²) < 4.78 is 10.4. The lowest BCUT2D eigenvalue weighted by Crippen LogP contribution is -2.27. The molecular formula is C13H18N2O3. The maximum absolute atomic E-state index is 11.2. The van der Waals surface area contributed by atoms with Crippen molar-refractivity contribution in [1.29, 1.82) is 0 Å². The van der Waals surface area contributed by atoms with E-state index >= 15 is 0 Å². The first-order chi connectivity index (χ1) is 8.79. The second-order valence-electron chi connectivity index (χ2n) is 4.28. The lowest BCUT2D eigenvalue weighted by Gasteiger charge is -2.10. The fourth-order valence-electron chi connectivity index (χ4n) is 1.41. The van der Waals surface area contributed by atoms with E-state index in [-0.39, 0.29) is 12.0 Å². The molecule has 0 bridgehead atoms. The van der Waals surface area contributed by atoms with Crippen molar-refractivity contribution in [2.24, 2.45) is 0 Å². The van der Waals surface area contributed by atoms with Crippen LogP contribution in [0.4, 0.5) is 0 Å². The van der Waals surface area contributed by atoms with E-state index in [0.29, 0.717) is 24.6 Å². The monoisotopic (exact) mass is 250 g/mol. The molecule has 5 heteroatoms. The summed E-state index contributed by atoms with van der Waals surface area (Å²) in [5, 5.41) is 2.70. The number of carbonyl (C=O) groups excluding carboxylic acids is 1. The molecule has 1 atom stereocenters. The molecule has 2 heterocycles. The van der Waals surface area contributed by atoms with Crippen LogP contribution in [0.2, 0.25) is 0 Å². The van der Waals surface area contributed by atoms with Crippen LogP contribution in [0.3, 0.4) is 0 Å². The Kier molecular flexibility index (Phi) is 4.39. The van der Waals surface area contributed by atoms with E-state index < -0.39 is 0 Å². The average molecular weight is 250 g/mol. The van der Waals surface area contributed by atoms with Crippen molar-refractivity contribution < 1.29 is 14.3 Å². The van der Waals surface area contributed by atoms with Crippen molar-refractivity contribution in [3.63, 3.8) is 0 Å². The van der Waals surface area contributed by atoms with Gasteiger partial charge < -0.3 is 14.8 Å². The number of pyridine rings is 1. The molecule has 2 aliphatic rings. The van der Waals surface area contributed by atoms with Crippen LogP contribution in [-0.4, -0.2) is 30.6 Å². The number of hydrogen-bond acceptors (Lipinski definition) is 4. The number of aromatic nitrogens is 1. The molecule has 0 spiro atoms. The quantitative estimate of drug-likeness (QED) is 0.883. The highest BCUT2D eigenvalue weighted by Gasteiger charge is 2.25. The van der Waals surface area contributed by atoms with Gasteiger partial charge in [-0.3, -0.25) is 4.79 Å². The van der Waals surface area contributed by atoms with Crippen molar-refractivity contribution in [1.82, 2.24) is 10.3 Å². The van der Waals surface area contributed by atoms with Gasteiger partial charge in [0.2, 0.25) is 5.88 Å². The molecule has 0 radical (unpaired) electrons. The summed E-state index contributed by atoms with van der Waals surface area (Å²) in [7, 11) is 1.55. The van der Waals surface area contributed by atoms with Crippen molar-refractivity contribution in [2.75, 3.05) is 13.7 Å². The van der Waals surface area contributed by atoms with Crippen LogP contribution in [-0.2, 0) is 4.79 Å². The fraction of sp³-hybridized carbons (Fsp3) is 0.538. The summed E-state index contributed by atoms with van der Waals surface area (Å²) in [5.41, 5.74) is 0. The molecule has 1 unspecified atom stereocenters. The average Bonchev–Trinajstić information content (AvgIpc) is 3.23. The highest BCUT2D eigenvalue weighted by atomic mass is 16.5. The largest absolute Gasteiger partial charge is 0.481 e. The molecule has 1 aromatic rings. The van der Waals surface area contributed by atoms with Gasteiger partial charge >= 0.3 is 0 Å². The first-order valence-electron chi connectivity index (χ1n) is 6.24. The number of hydrogen-bond donors (Lipinski definition) is 1. The van der Waals surface area contributed by atoms with Gasteiger partial charge in [-0.15, -0.1) is 0 Å². The predicted molar refractivity (Wildman–Crippen MR) is 66.7 cm³/mol. The predicted octanol–water partition coefficient (Wildman–Crippen LogP) is 1.53. The molecule has 3 rings (SSSR count). The molecule has 18 heavy (non-hydrogen) atoms. The minimum absolute atomic E-state index is 0.0641. The van der Waals surface area contributed by atoms with Gasteiger partial charge in [-0.25, -0.2) is 4.98 Å². The van der Waals surface area contributed by atoms with Gasteiger partial charge in [-0.2, -0.15) is 0 Å². The first kappa shape index (κ1) is 12.7. The number of amides is 1. The maximum atomic E-state index is 11.2. The van der Waals surface area contributed by atoms with Crippen LogP contribution < -0.4 is 14.8 Å². The maximum Gasteiger partial charge on any atom is 0.261 e. The molecule has 2 fully saturated rings. The van der Waals surface area contributed by atoms with Crippen molar-refractivity contribution >= 4 is 5.91 Å². The van der Waals surface area contributed by atoms with E-state index in [9.17, 15) is 4.79 Å². The summed E-state index contributed by atoms with van der Waals surface area (Å²) in [6, 6.07) is 3.43. The topological polar surface area (TPSA) is 60.5 Å². The van der Waals surface area contributed by atoms with Crippen LogP contribution in [0.25, 0.3) is 0 Å². The van der Waals surface area contributed by atoms with Crippen LogP contribution in [0, 0.1) is 0 Å². The van der Waals surface area contributed by atoms with Crippen LogP contribution in [0.15, 0.2) is 18.3 Å². The zero-order chi connectivity index (χ0) is 12.8. The molecule has 1 aromatic heterocycles. The third-order valence-corrected chi connectivity index (χ3v) is 2.55. The number of ether oxygens (including phenoxy) is 2. The number of carbonyl (C=O) groups is 1. The van der Waals surface area contributed by atoms with E-state index in [4.69, 9.17) is 9.47 Å². The van der Waals surface area contributed by atoms with Gasteiger partial charge in [-0.05, 0) is 6.07 Å². The SMILES string of the molecule is C1CC1.COc1ccc(OC2CCNC2=O)cn1. The third kappa shape index (κ3) is 3.91. The minimum Gasteiger partial charge on any atom is -0.481 e. The smallest absolute Gasteiger partial charge is 0.261 e. The van der Waals surface area contributed by atoms with Gasteiger partial charge in [0.1, 0.15) is 5.75 Å². The van der Waals surface area contributed by atoms with Crippen molar-refractivity contribution in [3.8, 4) is 11.6 Å². The standard InChI is InChI=1S/C10H12N2O3.C3H6/c1-14-9-3-2-7(6-12-9)15-8-4-5-11-10(8)13;1-2-3-1/h2-3,6,8H,4-5H2,1H3,(H,11,13);1-3H2. The lowest BCUT2D eigenvalue weighted by atomic mass is 10.3. The Hall–Kier alpha value is -1.78. The highest BCUT2D eigenvalue weighted by Crippen LogP contribution is 2.17. The summed E-state index contributed by atoms with van der Waals surface area (Å²) >= 11 is 0. The Morgan fingerprint density at radius 3 is 2.56 bits per heavy atom. The molecule has 5 nitrogen and oxygen atoms in total. The van der Waals surface area contributed by atoms with Gasteiger partial charge in [0.25, 0.3) is 5.91 Å². The second kappa shape index (κ2) is 6.23. The Morgan fingerprint density at radius 1 is 1.33 bits per heavy atom. The van der Waals surface area contributed by atoms with Crippen molar-refractivity contribution in [3.05, 3.63) is 18.3 Å². The van der Waals surface area contributed by atoms with Crippen LogP contribution in [0.5, 0.6) is 11.6 Å². The van der Waals surface area contributed by atoms with Crippen LogP contribution in [0.1, 0.15) is 25.7 Å². The van der Waals surface area contributed by atoms with Gasteiger partial charge in [0, 0.05) is 19.0 Å². The van der Waals surface area contributed by atoms with E-state index in [0.717, 1.165) is 0 Å². The molecule has 1 amide bonds. The zero-order valence-corrected chi connectivity index (χ0v) is 10.5. The first-order valence-corrected chi connectivity index (χ1v) is 6.24. The van der Waals surface area contributed by atoms with Gasteiger partial charge in [0.05, 0.1) is 13.3 Å². The molecule has 1 aliphatic carbocycles. The molecule has 0 aromatic carbocycles. The van der Waals surface area contributed by atoms with Crippen LogP contribution >= 0.6 is 0 Å². The van der Waals surface area contributed by atoms with E-state index in [2.05, 4.69) is 10.3 Å². The number of rotatable bonds is 3.